The lowest BCUT2D eigenvalue weighted by atomic mass is 10.1. The van der Waals surface area contributed by atoms with Crippen LogP contribution in [0.5, 0.6) is 23.0 Å². The minimum Gasteiger partial charge on any atom is -0.495 e. The summed E-state index contributed by atoms with van der Waals surface area (Å²) in [4.78, 5) is 22.4. The van der Waals surface area contributed by atoms with Crippen LogP contribution in [0.15, 0.2) is 30.3 Å². The lowest BCUT2D eigenvalue weighted by molar-refractivity contribution is 0.0983. The van der Waals surface area contributed by atoms with Crippen molar-refractivity contribution in [2.45, 2.75) is 13.8 Å². The zero-order valence-electron chi connectivity index (χ0n) is 18.7. The summed E-state index contributed by atoms with van der Waals surface area (Å²) in [7, 11) is 3.23. The molecular weight excluding hydrogens is 430 g/mol. The van der Waals surface area contributed by atoms with Gasteiger partial charge in [0.15, 0.2) is 16.6 Å². The van der Waals surface area contributed by atoms with E-state index < -0.39 is 0 Å². The van der Waals surface area contributed by atoms with E-state index in [2.05, 4.69) is 18.7 Å². The third-order valence-electron chi connectivity index (χ3n) is 5.53. The molecule has 0 bridgehead atoms. The second-order valence-electron chi connectivity index (χ2n) is 7.20. The van der Waals surface area contributed by atoms with Crippen LogP contribution in [-0.2, 0) is 0 Å². The predicted molar refractivity (Wildman–Crippen MR) is 125 cm³/mol. The van der Waals surface area contributed by atoms with Crippen LogP contribution in [0.3, 0.4) is 0 Å². The number of hydrogen-bond acceptors (Lipinski definition) is 8. The Labute approximate surface area is 191 Å². The highest BCUT2D eigenvalue weighted by Gasteiger charge is 2.26. The summed E-state index contributed by atoms with van der Waals surface area (Å²) in [5, 5.41) is 0.595. The molecule has 0 spiro atoms. The number of amides is 1. The van der Waals surface area contributed by atoms with E-state index in [0.717, 1.165) is 24.3 Å². The first-order valence-corrected chi connectivity index (χ1v) is 11.4. The fourth-order valence-corrected chi connectivity index (χ4v) is 4.74. The van der Waals surface area contributed by atoms with Crippen molar-refractivity contribution in [1.82, 2.24) is 9.88 Å². The number of benzene rings is 2. The third-order valence-corrected chi connectivity index (χ3v) is 6.62. The minimum absolute atomic E-state index is 0.146. The van der Waals surface area contributed by atoms with E-state index in [9.17, 15) is 4.79 Å². The zero-order valence-corrected chi connectivity index (χ0v) is 19.5. The summed E-state index contributed by atoms with van der Waals surface area (Å²) < 4.78 is 22.7. The number of methoxy groups -OCH3 is 2. The predicted octanol–water partition coefficient (Wildman–Crippen LogP) is 4.03. The van der Waals surface area contributed by atoms with Crippen LogP contribution < -0.4 is 23.8 Å². The molecule has 0 N–H and O–H groups in total. The topological polar surface area (TPSA) is 73.4 Å². The van der Waals surface area contributed by atoms with Crippen LogP contribution in [0.25, 0.3) is 10.2 Å². The molecule has 1 amide bonds. The quantitative estimate of drug-likeness (QED) is 0.480. The van der Waals surface area contributed by atoms with Gasteiger partial charge >= 0.3 is 0 Å². The van der Waals surface area contributed by atoms with E-state index in [1.165, 1.54) is 11.3 Å². The van der Waals surface area contributed by atoms with Crippen LogP contribution in [-0.4, -0.2) is 63.0 Å². The van der Waals surface area contributed by atoms with Gasteiger partial charge in [0.1, 0.15) is 21.7 Å². The number of carbonyl (C=O) groups is 1. The number of aromatic nitrogens is 1. The fraction of sp³-hybridized carbons (Fsp3) is 0.391. The zero-order chi connectivity index (χ0) is 22.7. The molecule has 2 heterocycles. The lowest BCUT2D eigenvalue weighted by Crippen LogP contribution is -2.38. The van der Waals surface area contributed by atoms with Gasteiger partial charge in [-0.2, -0.15) is 0 Å². The third kappa shape index (κ3) is 4.18. The minimum atomic E-state index is -0.146. The van der Waals surface area contributed by atoms with Crippen LogP contribution in [0.1, 0.15) is 24.2 Å². The van der Waals surface area contributed by atoms with Gasteiger partial charge in [0, 0.05) is 18.7 Å². The Morgan fingerprint density at radius 2 is 1.75 bits per heavy atom. The number of rotatable bonds is 9. The molecule has 32 heavy (non-hydrogen) atoms. The SMILES string of the molecule is CCN(CC)CCN(C(=O)c1ccc2c(c1)OCO2)c1nc2c(OC)ccc(OC)c2s1. The van der Waals surface area contributed by atoms with Crippen LogP contribution >= 0.6 is 11.3 Å². The number of thiazole rings is 1. The average molecular weight is 458 g/mol. The molecule has 9 heteroatoms. The van der Waals surface area contributed by atoms with Crippen molar-refractivity contribution in [3.8, 4) is 23.0 Å². The largest absolute Gasteiger partial charge is 0.495 e. The van der Waals surface area contributed by atoms with Crippen molar-refractivity contribution >= 4 is 32.6 Å². The van der Waals surface area contributed by atoms with Gasteiger partial charge in [-0.1, -0.05) is 25.2 Å². The first-order chi connectivity index (χ1) is 15.6. The monoisotopic (exact) mass is 457 g/mol. The molecular formula is C23H27N3O5S. The summed E-state index contributed by atoms with van der Waals surface area (Å²) >= 11 is 1.42. The van der Waals surface area contributed by atoms with Crippen molar-refractivity contribution in [2.24, 2.45) is 0 Å². The molecule has 1 aliphatic heterocycles. The molecule has 170 valence electrons. The van der Waals surface area contributed by atoms with Crippen LogP contribution in [0.4, 0.5) is 5.13 Å². The van der Waals surface area contributed by atoms with Crippen molar-refractivity contribution in [3.63, 3.8) is 0 Å². The summed E-state index contributed by atoms with van der Waals surface area (Å²) in [6.45, 7) is 7.43. The maximum atomic E-state index is 13.6. The molecule has 0 fully saturated rings. The molecule has 2 aromatic carbocycles. The van der Waals surface area contributed by atoms with Gasteiger partial charge in [-0.15, -0.1) is 0 Å². The molecule has 3 aromatic rings. The van der Waals surface area contributed by atoms with Gasteiger partial charge in [0.05, 0.1) is 14.2 Å². The van der Waals surface area contributed by atoms with Crippen molar-refractivity contribution < 1.29 is 23.7 Å². The summed E-state index contributed by atoms with van der Waals surface area (Å²) in [5.74, 6) is 2.41. The van der Waals surface area contributed by atoms with E-state index >= 15 is 0 Å². The lowest BCUT2D eigenvalue weighted by Gasteiger charge is -2.24. The number of fused-ring (bicyclic) bond motifs is 2. The summed E-state index contributed by atoms with van der Waals surface area (Å²) in [6.07, 6.45) is 0. The number of carbonyl (C=O) groups excluding carboxylic acids is 1. The van der Waals surface area contributed by atoms with E-state index in [1.54, 1.807) is 37.3 Å². The number of ether oxygens (including phenoxy) is 4. The normalized spacial score (nSPS) is 12.4. The van der Waals surface area contributed by atoms with Gasteiger partial charge in [0.2, 0.25) is 6.79 Å². The molecule has 0 unspecified atom stereocenters. The van der Waals surface area contributed by atoms with Gasteiger partial charge in [-0.25, -0.2) is 4.98 Å². The second-order valence-corrected chi connectivity index (χ2v) is 8.17. The Hall–Kier alpha value is -3.04. The smallest absolute Gasteiger partial charge is 0.260 e. The van der Waals surface area contributed by atoms with E-state index in [4.69, 9.17) is 23.9 Å². The molecule has 1 aliphatic rings. The van der Waals surface area contributed by atoms with Crippen molar-refractivity contribution in [3.05, 3.63) is 35.9 Å². The average Bonchev–Trinajstić information content (AvgIpc) is 3.47. The summed E-state index contributed by atoms with van der Waals surface area (Å²) in [5.41, 5.74) is 1.20. The highest BCUT2D eigenvalue weighted by Crippen LogP contribution is 2.41. The molecule has 0 aliphatic carbocycles. The van der Waals surface area contributed by atoms with E-state index in [1.807, 2.05) is 12.1 Å². The number of anilines is 1. The van der Waals surface area contributed by atoms with Gasteiger partial charge in [0.25, 0.3) is 5.91 Å². The molecule has 0 saturated heterocycles. The maximum absolute atomic E-state index is 13.6. The Morgan fingerprint density at radius 1 is 1.03 bits per heavy atom. The summed E-state index contributed by atoms with van der Waals surface area (Å²) in [6, 6.07) is 8.93. The molecule has 8 nitrogen and oxygen atoms in total. The molecule has 1 aromatic heterocycles. The first kappa shape index (κ1) is 22.2. The number of hydrogen-bond donors (Lipinski definition) is 0. The number of likely N-dealkylation sites (N-methyl/N-ethyl adjacent to an activating group) is 1. The highest BCUT2D eigenvalue weighted by atomic mass is 32.1. The van der Waals surface area contributed by atoms with Gasteiger partial charge in [-0.05, 0) is 43.4 Å². The van der Waals surface area contributed by atoms with E-state index in [0.29, 0.717) is 45.8 Å². The second kappa shape index (κ2) is 9.62. The van der Waals surface area contributed by atoms with Crippen LogP contribution in [0.2, 0.25) is 0 Å². The Morgan fingerprint density at radius 3 is 2.47 bits per heavy atom. The molecule has 0 saturated carbocycles. The maximum Gasteiger partial charge on any atom is 0.260 e. The van der Waals surface area contributed by atoms with E-state index in [-0.39, 0.29) is 12.7 Å². The Kier molecular flexibility index (Phi) is 6.66. The van der Waals surface area contributed by atoms with Gasteiger partial charge < -0.3 is 23.8 Å². The molecule has 4 rings (SSSR count). The fourth-order valence-electron chi connectivity index (χ4n) is 3.64. The standard InChI is InChI=1S/C23H27N3O5S/c1-5-25(6-2)11-12-26(22(27)15-7-8-16-19(13-15)31-14-30-16)23-24-20-17(28-3)9-10-18(29-4)21(20)32-23/h7-10,13H,5-6,11-12,14H2,1-4H3. The highest BCUT2D eigenvalue weighted by molar-refractivity contribution is 7.22. The molecule has 0 radical (unpaired) electrons. The van der Waals surface area contributed by atoms with Crippen molar-refractivity contribution in [2.75, 3.05) is 52.1 Å². The number of nitrogens with zero attached hydrogens (tertiary/aromatic N) is 3. The first-order valence-electron chi connectivity index (χ1n) is 10.5. The Bertz CT molecular complexity index is 1070. The van der Waals surface area contributed by atoms with Crippen molar-refractivity contribution in [1.29, 1.82) is 0 Å². The van der Waals surface area contributed by atoms with Crippen LogP contribution in [0, 0.1) is 0 Å². The Balaban J connectivity index is 1.74. The molecule has 0 atom stereocenters. The van der Waals surface area contributed by atoms with Gasteiger partial charge in [-0.3, -0.25) is 9.69 Å².